The van der Waals surface area contributed by atoms with Gasteiger partial charge >= 0.3 is 6.09 Å². The molecule has 0 aliphatic carbocycles. The van der Waals surface area contributed by atoms with Gasteiger partial charge in [-0.25, -0.2) is 18.6 Å². The first-order valence-electron chi connectivity index (χ1n) is 10.5. The summed E-state index contributed by atoms with van der Waals surface area (Å²) >= 11 is 1.29. The lowest BCUT2D eigenvalue weighted by molar-refractivity contribution is -0.117. The maximum Gasteiger partial charge on any atom is 0.414 e. The standard InChI is InChI=1S/C22H23F2N3O5S/c1-14(28)4-5-16-13-26(22(30)32-16)15-11-17(23)20(18(24)12-15)25-6-7-27(31-9-8-25)21(29)19-3-2-10-33-19/h2-3,10-12,16H,4-9,13H2,1H3/t16-/m0/s1. The third kappa shape index (κ3) is 5.14. The fraction of sp³-hybridized carbons (Fsp3) is 0.409. The Labute approximate surface area is 193 Å². The molecule has 2 aliphatic rings. The second-order valence-electron chi connectivity index (χ2n) is 7.82. The lowest BCUT2D eigenvalue weighted by Crippen LogP contribution is -2.34. The van der Waals surface area contributed by atoms with Gasteiger partial charge < -0.3 is 14.4 Å². The molecule has 11 heteroatoms. The number of nitrogens with zero attached hydrogens (tertiary/aromatic N) is 3. The molecule has 1 aromatic carbocycles. The van der Waals surface area contributed by atoms with Crippen LogP contribution in [-0.4, -0.2) is 61.7 Å². The highest BCUT2D eigenvalue weighted by Gasteiger charge is 2.34. The zero-order chi connectivity index (χ0) is 23.5. The maximum atomic E-state index is 15.0. The minimum atomic E-state index is -0.831. The van der Waals surface area contributed by atoms with E-state index >= 15 is 8.78 Å². The Balaban J connectivity index is 1.46. The molecule has 0 spiro atoms. The number of thiophene rings is 1. The summed E-state index contributed by atoms with van der Waals surface area (Å²) in [4.78, 5) is 44.5. The van der Waals surface area contributed by atoms with Gasteiger partial charge in [-0.1, -0.05) is 6.07 Å². The van der Waals surface area contributed by atoms with E-state index in [1.807, 2.05) is 0 Å². The molecule has 176 valence electrons. The quantitative estimate of drug-likeness (QED) is 0.630. The number of rotatable bonds is 6. The Morgan fingerprint density at radius 2 is 1.94 bits per heavy atom. The van der Waals surface area contributed by atoms with E-state index in [4.69, 9.17) is 9.57 Å². The molecule has 2 aromatic rings. The molecule has 0 radical (unpaired) electrons. The predicted octanol–water partition coefficient (Wildman–Crippen LogP) is 3.61. The summed E-state index contributed by atoms with van der Waals surface area (Å²) in [6.07, 6.45) is -0.603. The molecule has 2 fully saturated rings. The van der Waals surface area contributed by atoms with E-state index in [0.29, 0.717) is 11.3 Å². The number of benzene rings is 1. The summed E-state index contributed by atoms with van der Waals surface area (Å²) < 4.78 is 35.2. The smallest absolute Gasteiger partial charge is 0.414 e. The van der Waals surface area contributed by atoms with Gasteiger partial charge in [0.05, 0.1) is 30.3 Å². The lowest BCUT2D eigenvalue weighted by atomic mass is 10.1. The minimum absolute atomic E-state index is 0.0250. The molecule has 2 amide bonds. The number of halogens is 2. The van der Waals surface area contributed by atoms with E-state index in [2.05, 4.69) is 0 Å². The predicted molar refractivity (Wildman–Crippen MR) is 117 cm³/mol. The molecule has 3 heterocycles. The van der Waals surface area contributed by atoms with Crippen molar-refractivity contribution in [2.45, 2.75) is 25.9 Å². The van der Waals surface area contributed by atoms with Crippen molar-refractivity contribution in [3.8, 4) is 0 Å². The Morgan fingerprint density at radius 3 is 2.61 bits per heavy atom. The van der Waals surface area contributed by atoms with E-state index in [1.54, 1.807) is 17.5 Å². The summed E-state index contributed by atoms with van der Waals surface area (Å²) in [6.45, 7) is 2.12. The third-order valence-electron chi connectivity index (χ3n) is 5.46. The van der Waals surface area contributed by atoms with Crippen LogP contribution in [0, 0.1) is 11.6 Å². The molecule has 1 aromatic heterocycles. The number of Topliss-reactive ketones (excluding diaryl/α,β-unsaturated/α-hetero) is 1. The highest BCUT2D eigenvalue weighted by Crippen LogP contribution is 2.32. The number of hydrogen-bond acceptors (Lipinski definition) is 7. The Hall–Kier alpha value is -3.05. The van der Waals surface area contributed by atoms with Crippen molar-refractivity contribution in [1.29, 1.82) is 0 Å². The van der Waals surface area contributed by atoms with Crippen molar-refractivity contribution in [3.63, 3.8) is 0 Å². The molecule has 2 aliphatic heterocycles. The molecule has 0 unspecified atom stereocenters. The van der Waals surface area contributed by atoms with Crippen LogP contribution in [0.25, 0.3) is 0 Å². The third-order valence-corrected chi connectivity index (χ3v) is 6.32. The number of ether oxygens (including phenoxy) is 1. The number of cyclic esters (lactones) is 1. The zero-order valence-corrected chi connectivity index (χ0v) is 18.8. The molecule has 33 heavy (non-hydrogen) atoms. The summed E-state index contributed by atoms with van der Waals surface area (Å²) in [5, 5.41) is 2.99. The van der Waals surface area contributed by atoms with Gasteiger partial charge in [0.15, 0.2) is 11.6 Å². The fourth-order valence-corrected chi connectivity index (χ4v) is 4.48. The summed E-state index contributed by atoms with van der Waals surface area (Å²) in [5.41, 5.74) is -0.196. The van der Waals surface area contributed by atoms with Crippen molar-refractivity contribution >= 4 is 40.5 Å². The molecule has 4 rings (SSSR count). The van der Waals surface area contributed by atoms with Crippen molar-refractivity contribution in [3.05, 3.63) is 46.2 Å². The van der Waals surface area contributed by atoms with E-state index < -0.39 is 23.8 Å². The summed E-state index contributed by atoms with van der Waals surface area (Å²) in [5.74, 6) is -1.98. The van der Waals surface area contributed by atoms with Gasteiger partial charge in [-0.15, -0.1) is 11.3 Å². The number of amides is 2. The van der Waals surface area contributed by atoms with Gasteiger partial charge in [-0.3, -0.25) is 14.5 Å². The van der Waals surface area contributed by atoms with Crippen molar-refractivity contribution in [2.75, 3.05) is 42.6 Å². The van der Waals surface area contributed by atoms with Crippen molar-refractivity contribution in [1.82, 2.24) is 5.06 Å². The average molecular weight is 480 g/mol. The second-order valence-corrected chi connectivity index (χ2v) is 8.77. The number of hydrogen-bond donors (Lipinski definition) is 0. The highest BCUT2D eigenvalue weighted by molar-refractivity contribution is 7.12. The van der Waals surface area contributed by atoms with Gasteiger partial charge in [-0.05, 0) is 24.8 Å². The largest absolute Gasteiger partial charge is 0.444 e. The van der Waals surface area contributed by atoms with E-state index in [-0.39, 0.29) is 62.3 Å². The van der Waals surface area contributed by atoms with E-state index in [9.17, 15) is 14.4 Å². The molecule has 2 saturated heterocycles. The molecule has 1 atom stereocenters. The first-order chi connectivity index (χ1) is 15.8. The van der Waals surface area contributed by atoms with Gasteiger partial charge in [-0.2, -0.15) is 0 Å². The van der Waals surface area contributed by atoms with Crippen LogP contribution in [0.1, 0.15) is 29.4 Å². The van der Waals surface area contributed by atoms with Gasteiger partial charge in [0, 0.05) is 31.6 Å². The maximum absolute atomic E-state index is 15.0. The van der Waals surface area contributed by atoms with Crippen LogP contribution in [0.4, 0.5) is 25.0 Å². The number of hydroxylamine groups is 2. The Bertz CT molecular complexity index is 1030. The van der Waals surface area contributed by atoms with Crippen molar-refractivity contribution < 1.29 is 32.7 Å². The van der Waals surface area contributed by atoms with Gasteiger partial charge in [0.25, 0.3) is 5.91 Å². The second kappa shape index (κ2) is 9.84. The molecule has 0 saturated carbocycles. The number of anilines is 2. The van der Waals surface area contributed by atoms with Crippen LogP contribution in [0.15, 0.2) is 29.6 Å². The van der Waals surface area contributed by atoms with Crippen LogP contribution in [-0.2, 0) is 14.4 Å². The minimum Gasteiger partial charge on any atom is -0.444 e. The topological polar surface area (TPSA) is 79.4 Å². The zero-order valence-electron chi connectivity index (χ0n) is 18.0. The molecule has 0 N–H and O–H groups in total. The lowest BCUT2D eigenvalue weighted by Gasteiger charge is -2.24. The van der Waals surface area contributed by atoms with Crippen molar-refractivity contribution in [2.24, 2.45) is 0 Å². The van der Waals surface area contributed by atoms with Crippen LogP contribution in [0.2, 0.25) is 0 Å². The summed E-state index contributed by atoms with van der Waals surface area (Å²) in [6, 6.07) is 5.63. The number of carbonyl (C=O) groups is 3. The van der Waals surface area contributed by atoms with Gasteiger partial charge in [0.1, 0.15) is 17.6 Å². The van der Waals surface area contributed by atoms with Crippen LogP contribution in [0.5, 0.6) is 0 Å². The highest BCUT2D eigenvalue weighted by atomic mass is 32.1. The number of carbonyl (C=O) groups excluding carboxylic acids is 3. The van der Waals surface area contributed by atoms with Crippen LogP contribution >= 0.6 is 11.3 Å². The Kier molecular flexibility index (Phi) is 6.89. The molecule has 8 nitrogen and oxygen atoms in total. The number of ketones is 1. The fourth-order valence-electron chi connectivity index (χ4n) is 3.81. The molecule has 0 bridgehead atoms. The molecular weight excluding hydrogens is 456 g/mol. The van der Waals surface area contributed by atoms with E-state index in [1.165, 1.54) is 28.2 Å². The Morgan fingerprint density at radius 1 is 1.18 bits per heavy atom. The monoisotopic (exact) mass is 479 g/mol. The normalized spacial score (nSPS) is 18.9. The first kappa shape index (κ1) is 23.1. The van der Waals surface area contributed by atoms with Gasteiger partial charge in [0.2, 0.25) is 0 Å². The van der Waals surface area contributed by atoms with Crippen LogP contribution in [0.3, 0.4) is 0 Å². The molecular formula is C22H23F2N3O5S. The van der Waals surface area contributed by atoms with E-state index in [0.717, 1.165) is 17.0 Å². The SMILES string of the molecule is CC(=O)CC[C@H]1CN(c2cc(F)c(N3CCON(C(=O)c4cccs4)CC3)c(F)c2)C(=O)O1. The average Bonchev–Trinajstić information content (AvgIpc) is 3.36. The first-order valence-corrected chi connectivity index (χ1v) is 11.4. The van der Waals surface area contributed by atoms with Crippen LogP contribution < -0.4 is 9.80 Å². The summed E-state index contributed by atoms with van der Waals surface area (Å²) in [7, 11) is 0.